The fraction of sp³-hybridized carbons (Fsp3) is 0.923. The number of ether oxygens (including phenoxy) is 1. The van der Waals surface area contributed by atoms with Crippen molar-refractivity contribution in [1.82, 2.24) is 5.32 Å². The number of fused-ring (bicyclic) bond motifs is 2. The zero-order valence-corrected chi connectivity index (χ0v) is 12.2. The lowest BCUT2D eigenvalue weighted by atomic mass is 9.95. The molecule has 2 bridgehead atoms. The second-order valence-electron chi connectivity index (χ2n) is 6.32. The molecule has 1 N–H and O–H groups in total. The largest absolute Gasteiger partial charge is 0.444 e. The fourth-order valence-electron chi connectivity index (χ4n) is 2.83. The highest BCUT2D eigenvalue weighted by atomic mass is 32.2. The molecule has 2 rings (SSSR count). The predicted molar refractivity (Wildman–Crippen MR) is 72.0 cm³/mol. The summed E-state index contributed by atoms with van der Waals surface area (Å²) in [5.41, 5.74) is -0.461. The third-order valence-corrected chi connectivity index (χ3v) is 5.70. The molecule has 2 unspecified atom stereocenters. The Bertz CT molecular complexity index is 335. The van der Waals surface area contributed by atoms with E-state index in [1.807, 2.05) is 20.8 Å². The molecule has 0 spiro atoms. The SMILES string of the molecule is CC(C)(C)OC(=O)NC1CC2CCCC(C1)S2=O. The first-order chi connectivity index (χ1) is 8.35. The molecule has 104 valence electrons. The van der Waals surface area contributed by atoms with Gasteiger partial charge in [0.15, 0.2) is 0 Å². The van der Waals surface area contributed by atoms with Gasteiger partial charge in [0.05, 0.1) is 0 Å². The van der Waals surface area contributed by atoms with Crippen molar-refractivity contribution in [2.45, 2.75) is 75.0 Å². The smallest absolute Gasteiger partial charge is 0.407 e. The Balaban J connectivity index is 1.88. The summed E-state index contributed by atoms with van der Waals surface area (Å²) in [5, 5.41) is 3.48. The number of hydrogen-bond donors (Lipinski definition) is 1. The number of carbonyl (C=O) groups excluding carboxylic acids is 1. The van der Waals surface area contributed by atoms with E-state index < -0.39 is 16.4 Å². The molecule has 0 aliphatic carbocycles. The molecule has 5 heteroatoms. The molecule has 2 atom stereocenters. The van der Waals surface area contributed by atoms with Crippen LogP contribution in [0.5, 0.6) is 0 Å². The molecular formula is C13H23NO3S. The zero-order chi connectivity index (χ0) is 13.3. The molecular weight excluding hydrogens is 250 g/mol. The molecule has 2 saturated heterocycles. The van der Waals surface area contributed by atoms with E-state index in [2.05, 4.69) is 5.32 Å². The molecule has 0 saturated carbocycles. The van der Waals surface area contributed by atoms with Crippen LogP contribution in [0, 0.1) is 0 Å². The van der Waals surface area contributed by atoms with Crippen LogP contribution >= 0.6 is 0 Å². The molecule has 0 aromatic carbocycles. The molecule has 2 aliphatic heterocycles. The maximum atomic E-state index is 12.0. The summed E-state index contributed by atoms with van der Waals surface area (Å²) in [7, 11) is -0.683. The van der Waals surface area contributed by atoms with Crippen LogP contribution in [-0.2, 0) is 15.5 Å². The molecule has 0 radical (unpaired) electrons. The van der Waals surface area contributed by atoms with Gasteiger partial charge in [0, 0.05) is 27.3 Å². The highest BCUT2D eigenvalue weighted by Gasteiger charge is 2.38. The van der Waals surface area contributed by atoms with Gasteiger partial charge in [-0.25, -0.2) is 4.79 Å². The van der Waals surface area contributed by atoms with Crippen molar-refractivity contribution in [3.8, 4) is 0 Å². The number of carbonyl (C=O) groups is 1. The van der Waals surface area contributed by atoms with Crippen LogP contribution in [0.2, 0.25) is 0 Å². The van der Waals surface area contributed by atoms with Crippen molar-refractivity contribution in [2.75, 3.05) is 0 Å². The van der Waals surface area contributed by atoms with Gasteiger partial charge in [-0.15, -0.1) is 0 Å². The van der Waals surface area contributed by atoms with Gasteiger partial charge in [0.25, 0.3) is 0 Å². The minimum Gasteiger partial charge on any atom is -0.444 e. The van der Waals surface area contributed by atoms with Crippen molar-refractivity contribution in [3.63, 3.8) is 0 Å². The Morgan fingerprint density at radius 3 is 2.28 bits per heavy atom. The van der Waals surface area contributed by atoms with Gasteiger partial charge in [0.2, 0.25) is 0 Å². The first kappa shape index (κ1) is 13.8. The minimum absolute atomic E-state index is 0.132. The molecule has 4 nitrogen and oxygen atoms in total. The van der Waals surface area contributed by atoms with Crippen molar-refractivity contribution in [2.24, 2.45) is 0 Å². The van der Waals surface area contributed by atoms with Crippen LogP contribution in [-0.4, -0.2) is 32.4 Å². The number of alkyl carbamates (subject to hydrolysis) is 1. The van der Waals surface area contributed by atoms with E-state index in [-0.39, 0.29) is 22.6 Å². The van der Waals surface area contributed by atoms with E-state index >= 15 is 0 Å². The van der Waals surface area contributed by atoms with Crippen LogP contribution in [0.1, 0.15) is 52.9 Å². The molecule has 2 fully saturated rings. The highest BCUT2D eigenvalue weighted by molar-refractivity contribution is 7.86. The second-order valence-corrected chi connectivity index (χ2v) is 8.31. The maximum absolute atomic E-state index is 12.0. The first-order valence-corrected chi connectivity index (χ1v) is 8.01. The first-order valence-electron chi connectivity index (χ1n) is 6.74. The van der Waals surface area contributed by atoms with E-state index in [0.29, 0.717) is 0 Å². The van der Waals surface area contributed by atoms with E-state index in [9.17, 15) is 9.00 Å². The van der Waals surface area contributed by atoms with E-state index in [0.717, 1.165) is 25.7 Å². The lowest BCUT2D eigenvalue weighted by Crippen LogP contribution is -2.49. The van der Waals surface area contributed by atoms with Gasteiger partial charge in [0.1, 0.15) is 5.60 Å². The van der Waals surface area contributed by atoms with E-state index in [1.54, 1.807) is 0 Å². The van der Waals surface area contributed by atoms with Gasteiger partial charge in [-0.2, -0.15) is 0 Å². The Labute approximate surface area is 111 Å². The van der Waals surface area contributed by atoms with E-state index in [4.69, 9.17) is 4.74 Å². The Morgan fingerprint density at radius 1 is 1.22 bits per heavy atom. The summed E-state index contributed by atoms with van der Waals surface area (Å²) < 4.78 is 17.3. The summed E-state index contributed by atoms with van der Waals surface area (Å²) in [6, 6.07) is 0.132. The van der Waals surface area contributed by atoms with Crippen LogP contribution in [0.25, 0.3) is 0 Å². The van der Waals surface area contributed by atoms with Crippen molar-refractivity contribution >= 4 is 16.9 Å². The lowest BCUT2D eigenvalue weighted by molar-refractivity contribution is 0.0495. The lowest BCUT2D eigenvalue weighted by Gasteiger charge is -2.38. The molecule has 1 amide bonds. The van der Waals surface area contributed by atoms with Gasteiger partial charge >= 0.3 is 6.09 Å². The normalized spacial score (nSPS) is 35.9. The topological polar surface area (TPSA) is 55.4 Å². The zero-order valence-electron chi connectivity index (χ0n) is 11.4. The summed E-state index contributed by atoms with van der Waals surface area (Å²) in [6.45, 7) is 5.58. The highest BCUT2D eigenvalue weighted by Crippen LogP contribution is 2.33. The molecule has 2 aliphatic rings. The van der Waals surface area contributed by atoms with Crippen LogP contribution in [0.15, 0.2) is 0 Å². The summed E-state index contributed by atoms with van der Waals surface area (Å²) in [6.07, 6.45) is 4.58. The third kappa shape index (κ3) is 3.46. The van der Waals surface area contributed by atoms with Crippen LogP contribution in [0.3, 0.4) is 0 Å². The fourth-order valence-corrected chi connectivity index (χ4v) is 5.01. The van der Waals surface area contributed by atoms with Crippen molar-refractivity contribution in [1.29, 1.82) is 0 Å². The van der Waals surface area contributed by atoms with Gasteiger partial charge < -0.3 is 10.1 Å². The van der Waals surface area contributed by atoms with Crippen LogP contribution < -0.4 is 5.32 Å². The quantitative estimate of drug-likeness (QED) is 0.798. The Morgan fingerprint density at radius 2 is 1.78 bits per heavy atom. The average Bonchev–Trinajstić information content (AvgIpc) is 2.16. The average molecular weight is 273 g/mol. The Hall–Kier alpha value is -0.580. The minimum atomic E-state index is -0.683. The molecule has 0 aromatic rings. The number of rotatable bonds is 1. The van der Waals surface area contributed by atoms with Gasteiger partial charge in [-0.3, -0.25) is 4.21 Å². The molecule has 18 heavy (non-hydrogen) atoms. The molecule has 2 heterocycles. The number of hydrogen-bond acceptors (Lipinski definition) is 3. The summed E-state index contributed by atoms with van der Waals surface area (Å²) in [4.78, 5) is 11.7. The van der Waals surface area contributed by atoms with Gasteiger partial charge in [-0.1, -0.05) is 6.42 Å². The predicted octanol–water partition coefficient (Wildman–Crippen LogP) is 2.34. The third-order valence-electron chi connectivity index (χ3n) is 3.52. The summed E-state index contributed by atoms with van der Waals surface area (Å²) in [5.74, 6) is 0. The number of amides is 1. The van der Waals surface area contributed by atoms with Crippen molar-refractivity contribution < 1.29 is 13.7 Å². The Kier molecular flexibility index (Phi) is 3.99. The molecule has 0 aromatic heterocycles. The monoisotopic (exact) mass is 273 g/mol. The van der Waals surface area contributed by atoms with Gasteiger partial charge in [-0.05, 0) is 46.5 Å². The summed E-state index contributed by atoms with van der Waals surface area (Å²) >= 11 is 0. The van der Waals surface area contributed by atoms with Crippen molar-refractivity contribution in [3.05, 3.63) is 0 Å². The standard InChI is InChI=1S/C13H23NO3S/c1-13(2,3)17-12(15)14-9-7-10-5-4-6-11(8-9)18(10)16/h9-11H,4-8H2,1-3H3,(H,14,15). The van der Waals surface area contributed by atoms with E-state index in [1.165, 1.54) is 6.42 Å². The number of nitrogens with one attached hydrogen (secondary N) is 1. The second kappa shape index (κ2) is 5.19. The maximum Gasteiger partial charge on any atom is 0.407 e. The van der Waals surface area contributed by atoms with Crippen LogP contribution in [0.4, 0.5) is 4.79 Å².